The van der Waals surface area contributed by atoms with Gasteiger partial charge in [-0.1, -0.05) is 24.3 Å². The fourth-order valence-corrected chi connectivity index (χ4v) is 3.23. The number of nitrogens with one attached hydrogen (secondary N) is 1. The molecule has 112 valence electrons. The number of hydrogen-bond acceptors (Lipinski definition) is 2. The van der Waals surface area contributed by atoms with Crippen LogP contribution >= 0.6 is 0 Å². The summed E-state index contributed by atoms with van der Waals surface area (Å²) in [6.45, 7) is 0. The number of benzene rings is 2. The highest BCUT2D eigenvalue weighted by atomic mass is 35.5. The summed E-state index contributed by atoms with van der Waals surface area (Å²) in [6.07, 6.45) is 4.78. The van der Waals surface area contributed by atoms with E-state index in [1.807, 2.05) is 6.20 Å². The molecule has 3 nitrogen and oxygen atoms in total. The van der Waals surface area contributed by atoms with Crippen LogP contribution in [0.15, 0.2) is 42.6 Å². The molecule has 0 spiro atoms. The van der Waals surface area contributed by atoms with E-state index in [-0.39, 0.29) is 12.4 Å². The fourth-order valence-electron chi connectivity index (χ4n) is 3.23. The largest absolute Gasteiger partial charge is 1.00 e. The molecule has 22 heavy (non-hydrogen) atoms. The molecule has 4 heteroatoms. The van der Waals surface area contributed by atoms with E-state index in [0.29, 0.717) is 0 Å². The quantitative estimate of drug-likeness (QED) is 0.570. The van der Waals surface area contributed by atoms with Gasteiger partial charge < -0.3 is 17.2 Å². The van der Waals surface area contributed by atoms with Crippen molar-refractivity contribution in [1.82, 2.24) is 5.48 Å². The second kappa shape index (κ2) is 5.50. The Labute approximate surface area is 136 Å². The Balaban J connectivity index is 0.00000144. The summed E-state index contributed by atoms with van der Waals surface area (Å²) in [5.41, 5.74) is 10.4. The first-order valence-corrected chi connectivity index (χ1v) is 7.13. The highest BCUT2D eigenvalue weighted by Crippen LogP contribution is 2.36. The van der Waals surface area contributed by atoms with Crippen LogP contribution in [0.25, 0.3) is 6.08 Å². The smallest absolute Gasteiger partial charge is 0.214 e. The zero-order chi connectivity index (χ0) is 14.4. The molecule has 2 aromatic rings. The molecule has 1 heterocycles. The summed E-state index contributed by atoms with van der Waals surface area (Å²) < 4.78 is 2.19. The molecule has 0 atom stereocenters. The molecular weight excluding hydrogens is 296 g/mol. The first kappa shape index (κ1) is 14.7. The molecule has 4 rings (SSSR count). The van der Waals surface area contributed by atoms with E-state index < -0.39 is 0 Å². The first-order chi connectivity index (χ1) is 10.3. The predicted octanol–water partition coefficient (Wildman–Crippen LogP) is -0.428. The third kappa shape index (κ3) is 2.09. The lowest BCUT2D eigenvalue weighted by atomic mass is 9.82. The molecule has 0 saturated heterocycles. The minimum atomic E-state index is 0. The highest BCUT2D eigenvalue weighted by Gasteiger charge is 2.30. The molecule has 0 fully saturated rings. The fraction of sp³-hybridized carbons (Fsp3) is 0.167. The molecule has 1 aliphatic heterocycles. The first-order valence-electron chi connectivity index (χ1n) is 7.13. The zero-order valence-electron chi connectivity index (χ0n) is 12.6. The van der Waals surface area contributed by atoms with Gasteiger partial charge in [0.15, 0.2) is 5.75 Å². The molecule has 1 aliphatic carbocycles. The second-order valence-electron chi connectivity index (χ2n) is 5.64. The van der Waals surface area contributed by atoms with Crippen LogP contribution in [-0.4, -0.2) is 24.4 Å². The van der Waals surface area contributed by atoms with Crippen molar-refractivity contribution in [2.45, 2.75) is 6.42 Å². The van der Waals surface area contributed by atoms with Crippen LogP contribution in [0.2, 0.25) is 0 Å². The van der Waals surface area contributed by atoms with Crippen molar-refractivity contribution in [2.75, 3.05) is 14.1 Å². The Morgan fingerprint density at radius 1 is 1.05 bits per heavy atom. The monoisotopic (exact) mass is 312 g/mol. The summed E-state index contributed by atoms with van der Waals surface area (Å²) in [7, 11) is 4.19. The van der Waals surface area contributed by atoms with Crippen molar-refractivity contribution in [3.05, 3.63) is 70.4 Å². The molecular formula is C18H17ClN2O. The van der Waals surface area contributed by atoms with Crippen molar-refractivity contribution < 1.29 is 21.8 Å². The molecule has 2 aromatic carbocycles. The van der Waals surface area contributed by atoms with Gasteiger partial charge in [0.1, 0.15) is 14.1 Å². The van der Waals surface area contributed by atoms with E-state index >= 15 is 0 Å². The standard InChI is InChI=1S/C18H16N2O.ClH/c1-20(2)17-14-6-4-3-5-13(14)11-16-15(17)8-7-12-9-10-19-21-18(12)16;/h3-10H,11H2,1-2H3;1H. The van der Waals surface area contributed by atoms with Crippen LogP contribution in [0.1, 0.15) is 27.8 Å². The average molecular weight is 313 g/mol. The number of hydrogen-bond donors (Lipinski definition) is 1. The molecule has 0 amide bonds. The van der Waals surface area contributed by atoms with Crippen LogP contribution < -0.4 is 22.7 Å². The van der Waals surface area contributed by atoms with E-state index in [1.54, 1.807) is 0 Å². The maximum atomic E-state index is 5.70. The van der Waals surface area contributed by atoms with Crippen molar-refractivity contribution in [1.29, 1.82) is 0 Å². The van der Waals surface area contributed by atoms with Crippen molar-refractivity contribution in [3.8, 4) is 5.75 Å². The van der Waals surface area contributed by atoms with Gasteiger partial charge in [0.05, 0.1) is 5.56 Å². The minimum Gasteiger partial charge on any atom is -1.00 e. The molecule has 0 unspecified atom stereocenters. The third-order valence-electron chi connectivity index (χ3n) is 4.12. The molecule has 1 N–H and O–H groups in total. The van der Waals surface area contributed by atoms with Gasteiger partial charge in [0, 0.05) is 29.3 Å². The van der Waals surface area contributed by atoms with Gasteiger partial charge in [-0.25, -0.2) is 10.1 Å². The van der Waals surface area contributed by atoms with E-state index in [9.17, 15) is 0 Å². The number of halogens is 1. The Hall–Kier alpha value is -2.26. The van der Waals surface area contributed by atoms with Crippen LogP contribution in [0.3, 0.4) is 0 Å². The summed E-state index contributed by atoms with van der Waals surface area (Å²) in [5, 5.41) is 0. The van der Waals surface area contributed by atoms with Crippen LogP contribution in [-0.2, 0) is 6.42 Å². The average Bonchev–Trinajstić information content (AvgIpc) is 2.52. The molecule has 0 saturated carbocycles. The molecule has 2 aliphatic rings. The van der Waals surface area contributed by atoms with Gasteiger partial charge in [-0.05, 0) is 23.8 Å². The lowest BCUT2D eigenvalue weighted by Gasteiger charge is -2.24. The van der Waals surface area contributed by atoms with E-state index in [2.05, 4.69) is 66.6 Å². The second-order valence-corrected chi connectivity index (χ2v) is 5.64. The Bertz CT molecular complexity index is 805. The molecule has 0 radical (unpaired) electrons. The summed E-state index contributed by atoms with van der Waals surface area (Å²) in [5.74, 6) is 0.948. The highest BCUT2D eigenvalue weighted by molar-refractivity contribution is 6.13. The lowest BCUT2D eigenvalue weighted by Crippen LogP contribution is -3.00. The number of fused-ring (bicyclic) bond motifs is 4. The maximum Gasteiger partial charge on any atom is 0.214 e. The maximum absolute atomic E-state index is 5.70. The number of nitrogens with zero attached hydrogens (tertiary/aromatic N) is 1. The Kier molecular flexibility index (Phi) is 3.67. The van der Waals surface area contributed by atoms with E-state index in [0.717, 1.165) is 17.7 Å². The lowest BCUT2D eigenvalue weighted by molar-refractivity contribution is -0.463. The normalized spacial score (nSPS) is 13.8. The molecule has 0 bridgehead atoms. The van der Waals surface area contributed by atoms with Gasteiger partial charge in [0.25, 0.3) is 0 Å². The van der Waals surface area contributed by atoms with Gasteiger partial charge >= 0.3 is 0 Å². The Morgan fingerprint density at radius 2 is 1.86 bits per heavy atom. The van der Waals surface area contributed by atoms with E-state index in [4.69, 9.17) is 4.84 Å². The van der Waals surface area contributed by atoms with Crippen molar-refractivity contribution in [3.63, 3.8) is 0 Å². The summed E-state index contributed by atoms with van der Waals surface area (Å²) in [4.78, 5) is 5.70. The topological polar surface area (TPSA) is 24.3 Å². The SMILES string of the molecule is C[N+](C)=C1c2ccccc2Cc2c1ccc1c2ONC=C1.[Cl-]. The van der Waals surface area contributed by atoms with Crippen LogP contribution in [0, 0.1) is 0 Å². The van der Waals surface area contributed by atoms with Crippen LogP contribution in [0.4, 0.5) is 0 Å². The van der Waals surface area contributed by atoms with Crippen LogP contribution in [0.5, 0.6) is 5.75 Å². The van der Waals surface area contributed by atoms with Gasteiger partial charge in [0.2, 0.25) is 5.71 Å². The van der Waals surface area contributed by atoms with Gasteiger partial charge in [-0.2, -0.15) is 0 Å². The van der Waals surface area contributed by atoms with Crippen molar-refractivity contribution in [2.24, 2.45) is 0 Å². The van der Waals surface area contributed by atoms with Crippen molar-refractivity contribution >= 4 is 11.8 Å². The van der Waals surface area contributed by atoms with Gasteiger partial charge in [-0.15, -0.1) is 0 Å². The number of hydroxylamine groups is 1. The Morgan fingerprint density at radius 3 is 2.68 bits per heavy atom. The third-order valence-corrected chi connectivity index (χ3v) is 4.12. The molecule has 0 aromatic heterocycles. The summed E-state index contributed by atoms with van der Waals surface area (Å²) in [6, 6.07) is 12.9. The van der Waals surface area contributed by atoms with Gasteiger partial charge in [-0.3, -0.25) is 0 Å². The number of rotatable bonds is 0. The minimum absolute atomic E-state index is 0. The summed E-state index contributed by atoms with van der Waals surface area (Å²) >= 11 is 0. The predicted molar refractivity (Wildman–Crippen MR) is 83.8 cm³/mol. The van der Waals surface area contributed by atoms with E-state index in [1.165, 1.54) is 28.0 Å². The zero-order valence-corrected chi connectivity index (χ0v) is 13.3.